The van der Waals surface area contributed by atoms with Crippen molar-refractivity contribution in [3.05, 3.63) is 42.0 Å². The van der Waals surface area contributed by atoms with E-state index in [1.165, 1.54) is 48.4 Å². The largest absolute Gasteiger partial charge is 0.490 e. The Hall–Kier alpha value is -2.03. The number of hydrogen-bond donors (Lipinski definition) is 1. The fraction of sp³-hybridized carbons (Fsp3) is 0.500. The molecule has 0 radical (unpaired) electrons. The maximum absolute atomic E-state index is 11.8. The first-order chi connectivity index (χ1) is 12.3. The summed E-state index contributed by atoms with van der Waals surface area (Å²) in [6.07, 6.45) is 9.60. The first kappa shape index (κ1) is 16.4. The minimum Gasteiger partial charge on any atom is -0.490 e. The van der Waals surface area contributed by atoms with Gasteiger partial charge in [-0.1, -0.05) is 30.7 Å². The van der Waals surface area contributed by atoms with Crippen LogP contribution < -0.4 is 10.1 Å². The lowest BCUT2D eigenvalue weighted by Crippen LogP contribution is -2.26. The summed E-state index contributed by atoms with van der Waals surface area (Å²) in [5.74, 6) is 1.48. The Morgan fingerprint density at radius 1 is 1.04 bits per heavy atom. The Bertz CT molecular complexity index is 745. The standard InChI is InChI=1S/C22H27NO2/c24-22(18-9-10-18)23-14-13-17-6-4-5-16-11-12-20(15-21(16)17)25-19-7-2-1-3-8-19/h4-6,11-12,15,18-19H,1-3,7-10,13-14H2,(H,23,24). The van der Waals surface area contributed by atoms with Crippen LogP contribution in [0.4, 0.5) is 0 Å². The Labute approximate surface area is 149 Å². The molecule has 4 rings (SSSR count). The lowest BCUT2D eigenvalue weighted by Gasteiger charge is -2.23. The van der Waals surface area contributed by atoms with Gasteiger partial charge in [-0.25, -0.2) is 0 Å². The van der Waals surface area contributed by atoms with Crippen molar-refractivity contribution in [2.24, 2.45) is 5.92 Å². The van der Waals surface area contributed by atoms with Crippen LogP contribution in [0.5, 0.6) is 5.75 Å². The Morgan fingerprint density at radius 2 is 1.88 bits per heavy atom. The van der Waals surface area contributed by atoms with Crippen molar-refractivity contribution in [3.8, 4) is 5.75 Å². The van der Waals surface area contributed by atoms with Crippen LogP contribution in [0.2, 0.25) is 0 Å². The number of ether oxygens (including phenoxy) is 1. The topological polar surface area (TPSA) is 38.3 Å². The number of benzene rings is 2. The molecule has 132 valence electrons. The molecule has 2 fully saturated rings. The van der Waals surface area contributed by atoms with E-state index in [1.54, 1.807) is 0 Å². The Balaban J connectivity index is 1.45. The molecule has 3 heteroatoms. The lowest BCUT2D eigenvalue weighted by molar-refractivity contribution is -0.122. The zero-order valence-electron chi connectivity index (χ0n) is 14.8. The van der Waals surface area contributed by atoms with E-state index in [-0.39, 0.29) is 11.8 Å². The molecule has 2 saturated carbocycles. The van der Waals surface area contributed by atoms with Gasteiger partial charge in [0.25, 0.3) is 0 Å². The highest BCUT2D eigenvalue weighted by Gasteiger charge is 2.29. The van der Waals surface area contributed by atoms with Gasteiger partial charge in [0.15, 0.2) is 0 Å². The number of amides is 1. The van der Waals surface area contributed by atoms with E-state index in [1.807, 2.05) is 0 Å². The fourth-order valence-corrected chi connectivity index (χ4v) is 3.79. The summed E-state index contributed by atoms with van der Waals surface area (Å²) < 4.78 is 6.23. The predicted octanol–water partition coefficient (Wildman–Crippen LogP) is 4.62. The molecule has 2 aliphatic carbocycles. The first-order valence-electron chi connectivity index (χ1n) is 9.75. The molecule has 0 aliphatic heterocycles. The zero-order valence-corrected chi connectivity index (χ0v) is 14.8. The molecule has 0 atom stereocenters. The highest BCUT2D eigenvalue weighted by Crippen LogP contribution is 2.29. The second kappa shape index (κ2) is 7.47. The van der Waals surface area contributed by atoms with Gasteiger partial charge in [-0.05, 0) is 73.4 Å². The van der Waals surface area contributed by atoms with Crippen molar-refractivity contribution in [2.45, 2.75) is 57.5 Å². The van der Waals surface area contributed by atoms with Gasteiger partial charge in [0, 0.05) is 12.5 Å². The maximum Gasteiger partial charge on any atom is 0.223 e. The quantitative estimate of drug-likeness (QED) is 0.835. The van der Waals surface area contributed by atoms with Gasteiger partial charge in [0.05, 0.1) is 6.10 Å². The average molecular weight is 337 g/mol. The number of fused-ring (bicyclic) bond motifs is 1. The molecule has 0 aromatic heterocycles. The molecule has 25 heavy (non-hydrogen) atoms. The van der Waals surface area contributed by atoms with Gasteiger partial charge in [-0.3, -0.25) is 4.79 Å². The lowest BCUT2D eigenvalue weighted by atomic mass is 9.97. The van der Waals surface area contributed by atoms with Gasteiger partial charge in [0.2, 0.25) is 5.91 Å². The normalized spacial score (nSPS) is 18.2. The number of nitrogens with one attached hydrogen (secondary N) is 1. The molecule has 2 aromatic carbocycles. The monoisotopic (exact) mass is 337 g/mol. The minimum atomic E-state index is 0.224. The van der Waals surface area contributed by atoms with Crippen LogP contribution in [0.25, 0.3) is 10.8 Å². The van der Waals surface area contributed by atoms with Crippen LogP contribution in [0, 0.1) is 5.92 Å². The number of carbonyl (C=O) groups excluding carboxylic acids is 1. The van der Waals surface area contributed by atoms with Crippen LogP contribution in [0.15, 0.2) is 36.4 Å². The summed E-state index contributed by atoms with van der Waals surface area (Å²) in [6, 6.07) is 12.8. The summed E-state index contributed by atoms with van der Waals surface area (Å²) >= 11 is 0. The highest BCUT2D eigenvalue weighted by atomic mass is 16.5. The second-order valence-electron chi connectivity index (χ2n) is 7.49. The molecule has 2 aromatic rings. The molecule has 0 spiro atoms. The van der Waals surface area contributed by atoms with Gasteiger partial charge in [0.1, 0.15) is 5.75 Å². The summed E-state index contributed by atoms with van der Waals surface area (Å²) in [5, 5.41) is 5.55. The van der Waals surface area contributed by atoms with Crippen LogP contribution >= 0.6 is 0 Å². The molecule has 1 amide bonds. The summed E-state index contributed by atoms with van der Waals surface area (Å²) in [4.78, 5) is 11.8. The van der Waals surface area contributed by atoms with E-state index in [2.05, 4.69) is 41.7 Å². The van der Waals surface area contributed by atoms with Crippen molar-refractivity contribution in [3.63, 3.8) is 0 Å². The molecular formula is C22H27NO2. The highest BCUT2D eigenvalue weighted by molar-refractivity contribution is 5.87. The second-order valence-corrected chi connectivity index (χ2v) is 7.49. The number of hydrogen-bond acceptors (Lipinski definition) is 2. The molecule has 1 N–H and O–H groups in total. The van der Waals surface area contributed by atoms with E-state index < -0.39 is 0 Å². The van der Waals surface area contributed by atoms with E-state index >= 15 is 0 Å². The van der Waals surface area contributed by atoms with Crippen LogP contribution in [-0.4, -0.2) is 18.6 Å². The van der Waals surface area contributed by atoms with Crippen LogP contribution in [-0.2, 0) is 11.2 Å². The summed E-state index contributed by atoms with van der Waals surface area (Å²) in [7, 11) is 0. The predicted molar refractivity (Wildman–Crippen MR) is 101 cm³/mol. The van der Waals surface area contributed by atoms with Gasteiger partial charge >= 0.3 is 0 Å². The Kier molecular flexibility index (Phi) is 4.91. The maximum atomic E-state index is 11.8. The third-order valence-corrected chi connectivity index (χ3v) is 5.44. The van der Waals surface area contributed by atoms with Gasteiger partial charge in [-0.15, -0.1) is 0 Å². The number of rotatable bonds is 6. The molecular weight excluding hydrogens is 310 g/mol. The van der Waals surface area contributed by atoms with E-state index in [4.69, 9.17) is 4.74 Å². The fourth-order valence-electron chi connectivity index (χ4n) is 3.79. The van der Waals surface area contributed by atoms with Gasteiger partial charge < -0.3 is 10.1 Å². The minimum absolute atomic E-state index is 0.224. The van der Waals surface area contributed by atoms with Crippen molar-refractivity contribution < 1.29 is 9.53 Å². The molecule has 0 bridgehead atoms. The van der Waals surface area contributed by atoms with Crippen molar-refractivity contribution in [1.29, 1.82) is 0 Å². The SMILES string of the molecule is O=C(NCCc1cccc2ccc(OC3CCCCC3)cc12)C1CC1. The zero-order chi connectivity index (χ0) is 17.1. The average Bonchev–Trinajstić information content (AvgIpc) is 3.48. The third kappa shape index (κ3) is 4.15. The molecule has 0 saturated heterocycles. The van der Waals surface area contributed by atoms with Crippen molar-refractivity contribution in [1.82, 2.24) is 5.32 Å². The van der Waals surface area contributed by atoms with Crippen molar-refractivity contribution in [2.75, 3.05) is 6.54 Å². The van der Waals surface area contributed by atoms with Crippen molar-refractivity contribution >= 4 is 16.7 Å². The molecule has 0 unspecified atom stereocenters. The molecule has 2 aliphatic rings. The van der Waals surface area contributed by atoms with E-state index in [0.717, 1.165) is 25.0 Å². The molecule has 0 heterocycles. The third-order valence-electron chi connectivity index (χ3n) is 5.44. The van der Waals surface area contributed by atoms with E-state index in [0.29, 0.717) is 12.6 Å². The van der Waals surface area contributed by atoms with Crippen LogP contribution in [0.3, 0.4) is 0 Å². The van der Waals surface area contributed by atoms with Gasteiger partial charge in [-0.2, -0.15) is 0 Å². The smallest absolute Gasteiger partial charge is 0.223 e. The number of carbonyl (C=O) groups is 1. The summed E-state index contributed by atoms with van der Waals surface area (Å²) in [5.41, 5.74) is 1.28. The van der Waals surface area contributed by atoms with Crippen LogP contribution in [0.1, 0.15) is 50.5 Å². The van der Waals surface area contributed by atoms with E-state index in [9.17, 15) is 4.79 Å². The first-order valence-corrected chi connectivity index (χ1v) is 9.75. The molecule has 3 nitrogen and oxygen atoms in total. The summed E-state index contributed by atoms with van der Waals surface area (Å²) in [6.45, 7) is 0.710. The Morgan fingerprint density at radius 3 is 2.68 bits per heavy atom.